The molecule has 1 amide bonds. The van der Waals surface area contributed by atoms with Gasteiger partial charge >= 0.3 is 5.97 Å². The van der Waals surface area contributed by atoms with Gasteiger partial charge in [-0.1, -0.05) is 58.9 Å². The maximum atomic E-state index is 14.9. The molecule has 9 atom stereocenters. The first kappa shape index (κ1) is 38.7. The fourth-order valence-electron chi connectivity index (χ4n) is 14.1. The molecule has 53 heavy (non-hydrogen) atoms. The Morgan fingerprint density at radius 1 is 0.962 bits per heavy atom. The zero-order valence-corrected chi connectivity index (χ0v) is 33.8. The van der Waals surface area contributed by atoms with Gasteiger partial charge in [0, 0.05) is 19.6 Å². The van der Waals surface area contributed by atoms with Crippen LogP contribution >= 0.6 is 0 Å². The molecule has 5 fully saturated rings. The van der Waals surface area contributed by atoms with E-state index in [1.54, 1.807) is 6.07 Å². The highest BCUT2D eigenvalue weighted by Crippen LogP contribution is 2.77. The second kappa shape index (κ2) is 13.3. The number of nitrogens with zero attached hydrogens (tertiary/aromatic N) is 1. The molecule has 1 saturated heterocycles. The van der Waals surface area contributed by atoms with Crippen molar-refractivity contribution in [3.05, 3.63) is 53.4 Å². The number of benzene rings is 1. The second-order valence-electron chi connectivity index (χ2n) is 19.5. The maximum Gasteiger partial charge on any atom is 0.338 e. The first-order valence-electron chi connectivity index (χ1n) is 20.4. The Bertz CT molecular complexity index is 1810. The molecule has 1 heterocycles. The lowest BCUT2D eigenvalue weighted by Gasteiger charge is -2.72. The predicted molar refractivity (Wildman–Crippen MR) is 208 cm³/mol. The van der Waals surface area contributed by atoms with Crippen LogP contribution in [0, 0.1) is 62.5 Å². The summed E-state index contributed by atoms with van der Waals surface area (Å²) in [7, 11) is -2.90. The lowest BCUT2D eigenvalue weighted by atomic mass is 9.32. The number of allylic oxidation sites excluding steroid dienone is 3. The minimum Gasteiger partial charge on any atom is -0.478 e. The van der Waals surface area contributed by atoms with Crippen LogP contribution in [0.15, 0.2) is 36.4 Å². The van der Waals surface area contributed by atoms with Gasteiger partial charge in [-0.05, 0) is 152 Å². The van der Waals surface area contributed by atoms with Gasteiger partial charge in [-0.3, -0.25) is 4.79 Å². The SMILES string of the molecule is C=C(C)C1CCC2(C(=O)NCCCN3CCS(=O)(=O)CC3)CCC3(C)C(CCC4C5(C)CC=C(c6ccc(C(=O)O)c(F)c6)C(C)(C)C5CCC43C)C12. The van der Waals surface area contributed by atoms with Crippen LogP contribution in [0.5, 0.6) is 0 Å². The summed E-state index contributed by atoms with van der Waals surface area (Å²) >= 11 is 0. The number of carboxylic acid groups (broad SMARTS) is 1. The monoisotopic (exact) mass is 750 g/mol. The topological polar surface area (TPSA) is 104 Å². The predicted octanol–water partition coefficient (Wildman–Crippen LogP) is 8.41. The summed E-state index contributed by atoms with van der Waals surface area (Å²) in [6.45, 7) is 21.6. The standard InChI is InChI=1S/C44H63FN2O5S/c1-28(2)30-13-18-44(39(50)46-21-8-22-47-23-25-53(51,52)26-24-47)20-19-42(6)33(37(30)44)11-12-36-41(5)16-14-32(29-9-10-31(38(48)49)34(45)27-29)40(3,4)35(41)15-17-43(36,42)7/h9-10,14,27,30,33,35-37H,1,8,11-13,15-26H2,2-7H3,(H,46,50)(H,48,49). The zero-order valence-electron chi connectivity index (χ0n) is 33.0. The summed E-state index contributed by atoms with van der Waals surface area (Å²) < 4.78 is 38.7. The molecule has 1 aliphatic heterocycles. The molecule has 7 rings (SSSR count). The Morgan fingerprint density at radius 3 is 2.34 bits per heavy atom. The van der Waals surface area contributed by atoms with Crippen molar-refractivity contribution >= 4 is 27.3 Å². The van der Waals surface area contributed by atoms with Crippen molar-refractivity contribution in [1.29, 1.82) is 0 Å². The van der Waals surface area contributed by atoms with Crippen LogP contribution < -0.4 is 5.32 Å². The van der Waals surface area contributed by atoms with E-state index in [1.165, 1.54) is 17.7 Å². The van der Waals surface area contributed by atoms with Gasteiger partial charge in [-0.2, -0.15) is 0 Å². The number of sulfone groups is 1. The lowest BCUT2D eigenvalue weighted by Crippen LogP contribution is -2.66. The number of carbonyl (C=O) groups excluding carboxylic acids is 1. The number of aromatic carboxylic acids is 1. The van der Waals surface area contributed by atoms with Gasteiger partial charge in [0.25, 0.3) is 0 Å². The van der Waals surface area contributed by atoms with Crippen molar-refractivity contribution in [2.45, 2.75) is 106 Å². The smallest absolute Gasteiger partial charge is 0.338 e. The normalized spacial score (nSPS) is 40.1. The lowest BCUT2D eigenvalue weighted by molar-refractivity contribution is -0.225. The van der Waals surface area contributed by atoms with E-state index in [4.69, 9.17) is 0 Å². The molecule has 1 aromatic rings. The van der Waals surface area contributed by atoms with Gasteiger partial charge in [-0.15, -0.1) is 0 Å². The van der Waals surface area contributed by atoms with E-state index in [2.05, 4.69) is 64.4 Å². The Hall–Kier alpha value is -2.52. The van der Waals surface area contributed by atoms with Gasteiger partial charge in [0.05, 0.1) is 22.5 Å². The van der Waals surface area contributed by atoms with E-state index in [0.717, 1.165) is 81.9 Å². The quantitative estimate of drug-likeness (QED) is 0.204. The van der Waals surface area contributed by atoms with Gasteiger partial charge in [0.2, 0.25) is 5.91 Å². The van der Waals surface area contributed by atoms with Crippen molar-refractivity contribution in [3.63, 3.8) is 0 Å². The van der Waals surface area contributed by atoms with Crippen LogP contribution in [-0.2, 0) is 14.6 Å². The van der Waals surface area contributed by atoms with Crippen molar-refractivity contribution in [1.82, 2.24) is 10.2 Å². The molecule has 1 aromatic carbocycles. The molecule has 0 bridgehead atoms. The molecule has 6 aliphatic rings. The summed E-state index contributed by atoms with van der Waals surface area (Å²) in [5.74, 6) is 0.780. The first-order chi connectivity index (χ1) is 24.8. The summed E-state index contributed by atoms with van der Waals surface area (Å²) in [6.07, 6.45) is 12.5. The van der Waals surface area contributed by atoms with Crippen molar-refractivity contribution in [2.75, 3.05) is 37.7 Å². The van der Waals surface area contributed by atoms with E-state index in [9.17, 15) is 27.5 Å². The molecule has 0 radical (unpaired) electrons. The van der Waals surface area contributed by atoms with Crippen molar-refractivity contribution in [2.24, 2.45) is 56.7 Å². The third kappa shape index (κ3) is 5.99. The number of rotatable bonds is 8. The number of amides is 1. The number of hydrogen-bond acceptors (Lipinski definition) is 5. The highest BCUT2D eigenvalue weighted by atomic mass is 32.2. The van der Waals surface area contributed by atoms with Crippen LogP contribution in [0.2, 0.25) is 0 Å². The first-order valence-corrected chi connectivity index (χ1v) is 22.2. The third-order valence-corrected chi connectivity index (χ3v) is 18.6. The Labute approximate surface area is 317 Å². The summed E-state index contributed by atoms with van der Waals surface area (Å²) in [6, 6.07) is 4.62. The van der Waals surface area contributed by atoms with Gasteiger partial charge < -0.3 is 15.3 Å². The van der Waals surface area contributed by atoms with Crippen LogP contribution in [-0.4, -0.2) is 68.0 Å². The van der Waals surface area contributed by atoms with Crippen molar-refractivity contribution in [3.8, 4) is 0 Å². The molecule has 5 aliphatic carbocycles. The van der Waals surface area contributed by atoms with E-state index in [1.807, 2.05) is 0 Å². The maximum absolute atomic E-state index is 14.9. The Morgan fingerprint density at radius 2 is 1.68 bits per heavy atom. The van der Waals surface area contributed by atoms with Crippen LogP contribution in [0.4, 0.5) is 4.39 Å². The number of nitrogens with one attached hydrogen (secondary N) is 1. The molecular formula is C44H63FN2O5S. The highest BCUT2D eigenvalue weighted by molar-refractivity contribution is 7.91. The zero-order chi connectivity index (χ0) is 38.4. The summed E-state index contributed by atoms with van der Waals surface area (Å²) in [5.41, 5.74) is 2.56. The summed E-state index contributed by atoms with van der Waals surface area (Å²) in [5, 5.41) is 12.8. The average Bonchev–Trinajstić information content (AvgIpc) is 3.48. The molecular weight excluding hydrogens is 688 g/mol. The number of fused-ring (bicyclic) bond motifs is 7. The molecule has 9 unspecified atom stereocenters. The van der Waals surface area contributed by atoms with Crippen LogP contribution in [0.25, 0.3) is 5.57 Å². The molecule has 7 nitrogen and oxygen atoms in total. The van der Waals surface area contributed by atoms with Crippen LogP contribution in [0.1, 0.15) is 122 Å². The van der Waals surface area contributed by atoms with E-state index >= 15 is 0 Å². The Balaban J connectivity index is 1.12. The highest BCUT2D eigenvalue weighted by Gasteiger charge is 2.71. The van der Waals surface area contributed by atoms with Gasteiger partial charge in [-0.25, -0.2) is 17.6 Å². The van der Waals surface area contributed by atoms with E-state index in [-0.39, 0.29) is 56.0 Å². The van der Waals surface area contributed by atoms with Gasteiger partial charge in [0.1, 0.15) is 5.82 Å². The number of halogens is 1. The molecule has 9 heteroatoms. The van der Waals surface area contributed by atoms with Crippen molar-refractivity contribution < 1.29 is 27.5 Å². The molecule has 0 aromatic heterocycles. The van der Waals surface area contributed by atoms with E-state index < -0.39 is 21.6 Å². The minimum absolute atomic E-state index is 0.0708. The molecule has 4 saturated carbocycles. The number of carbonyl (C=O) groups is 2. The fourth-order valence-corrected chi connectivity index (χ4v) is 15.4. The molecule has 0 spiro atoms. The number of hydrogen-bond donors (Lipinski definition) is 2. The summed E-state index contributed by atoms with van der Waals surface area (Å²) in [4.78, 5) is 28.2. The third-order valence-electron chi connectivity index (χ3n) is 17.0. The fraction of sp³-hybridized carbons (Fsp3) is 0.727. The number of carboxylic acids is 1. The minimum atomic E-state index is -2.90. The van der Waals surface area contributed by atoms with E-state index in [0.29, 0.717) is 43.3 Å². The second-order valence-corrected chi connectivity index (χ2v) is 21.8. The molecule has 2 N–H and O–H groups in total. The van der Waals surface area contributed by atoms with Crippen LogP contribution in [0.3, 0.4) is 0 Å². The van der Waals surface area contributed by atoms with Gasteiger partial charge in [0.15, 0.2) is 9.84 Å². The molecule has 292 valence electrons. The largest absolute Gasteiger partial charge is 0.478 e. The Kier molecular flexibility index (Phi) is 9.73. The average molecular weight is 751 g/mol.